The van der Waals surface area contributed by atoms with Crippen molar-refractivity contribution in [3.8, 4) is 0 Å². The highest BCUT2D eigenvalue weighted by Crippen LogP contribution is 2.19. The molecule has 2 heterocycles. The Bertz CT molecular complexity index is 978. The minimum atomic E-state index is -0.385. The van der Waals surface area contributed by atoms with Crippen molar-refractivity contribution in [1.82, 2.24) is 10.3 Å². The van der Waals surface area contributed by atoms with Crippen molar-refractivity contribution in [2.24, 2.45) is 0 Å². The second kappa shape index (κ2) is 6.90. The molecular formula is C16H13N3O3S2. The number of hydrogen-bond acceptors (Lipinski definition) is 6. The molecule has 0 bridgehead atoms. The molecule has 0 aliphatic rings. The number of thiazole rings is 1. The number of amides is 2. The van der Waals surface area contributed by atoms with E-state index in [-0.39, 0.29) is 23.0 Å². The van der Waals surface area contributed by atoms with E-state index in [1.165, 1.54) is 11.3 Å². The van der Waals surface area contributed by atoms with E-state index in [1.54, 1.807) is 36.7 Å². The first-order valence-corrected chi connectivity index (χ1v) is 8.75. The first-order chi connectivity index (χ1) is 11.6. The van der Waals surface area contributed by atoms with Gasteiger partial charge in [-0.2, -0.15) is 0 Å². The SMILES string of the molecule is CNC(=O)Cc1csc(NC(=O)c2cc3ccccc3c(=O)s2)n1. The minimum absolute atomic E-state index is 0.147. The summed E-state index contributed by atoms with van der Waals surface area (Å²) in [5.74, 6) is -0.533. The number of anilines is 1. The zero-order valence-electron chi connectivity index (χ0n) is 12.7. The Labute approximate surface area is 145 Å². The van der Waals surface area contributed by atoms with E-state index in [9.17, 15) is 14.4 Å². The van der Waals surface area contributed by atoms with Gasteiger partial charge in [-0.05, 0) is 17.5 Å². The summed E-state index contributed by atoms with van der Waals surface area (Å²) in [6.45, 7) is 0. The third-order valence-corrected chi connectivity index (χ3v) is 5.02. The van der Waals surface area contributed by atoms with Crippen molar-refractivity contribution in [3.63, 3.8) is 0 Å². The van der Waals surface area contributed by atoms with Crippen molar-refractivity contribution in [2.45, 2.75) is 6.42 Å². The highest BCUT2D eigenvalue weighted by atomic mass is 32.1. The molecule has 0 aliphatic heterocycles. The zero-order valence-corrected chi connectivity index (χ0v) is 14.3. The summed E-state index contributed by atoms with van der Waals surface area (Å²) in [7, 11) is 1.55. The molecule has 3 aromatic rings. The summed E-state index contributed by atoms with van der Waals surface area (Å²) < 4.78 is -0.155. The maximum Gasteiger partial charge on any atom is 0.267 e. The second-order valence-electron chi connectivity index (χ2n) is 4.93. The molecule has 2 amide bonds. The van der Waals surface area contributed by atoms with Crippen LogP contribution in [-0.2, 0) is 11.2 Å². The van der Waals surface area contributed by atoms with Crippen LogP contribution in [0.5, 0.6) is 0 Å². The molecule has 8 heteroatoms. The lowest BCUT2D eigenvalue weighted by molar-refractivity contribution is -0.120. The predicted molar refractivity (Wildman–Crippen MR) is 95.9 cm³/mol. The molecule has 24 heavy (non-hydrogen) atoms. The van der Waals surface area contributed by atoms with E-state index in [0.717, 1.165) is 16.7 Å². The van der Waals surface area contributed by atoms with Crippen LogP contribution < -0.4 is 15.4 Å². The Kier molecular flexibility index (Phi) is 4.68. The van der Waals surface area contributed by atoms with Gasteiger partial charge in [-0.3, -0.25) is 19.7 Å². The smallest absolute Gasteiger partial charge is 0.267 e. The molecule has 2 N–H and O–H groups in total. The molecule has 0 unspecified atom stereocenters. The Hall–Kier alpha value is -2.58. The van der Waals surface area contributed by atoms with Gasteiger partial charge in [0.05, 0.1) is 17.0 Å². The molecule has 1 aromatic carbocycles. The van der Waals surface area contributed by atoms with E-state index in [1.807, 2.05) is 6.07 Å². The Morgan fingerprint density at radius 1 is 1.25 bits per heavy atom. The van der Waals surface area contributed by atoms with Gasteiger partial charge in [-0.15, -0.1) is 11.3 Å². The fraction of sp³-hybridized carbons (Fsp3) is 0.125. The second-order valence-corrected chi connectivity index (χ2v) is 6.81. The van der Waals surface area contributed by atoms with E-state index in [4.69, 9.17) is 0 Å². The van der Waals surface area contributed by atoms with E-state index < -0.39 is 0 Å². The van der Waals surface area contributed by atoms with Crippen LogP contribution in [-0.4, -0.2) is 23.8 Å². The van der Waals surface area contributed by atoms with E-state index >= 15 is 0 Å². The molecule has 2 aromatic heterocycles. The van der Waals surface area contributed by atoms with Gasteiger partial charge >= 0.3 is 0 Å². The molecule has 122 valence electrons. The fourth-order valence-electron chi connectivity index (χ4n) is 2.10. The van der Waals surface area contributed by atoms with Gasteiger partial charge in [0.1, 0.15) is 0 Å². The average molecular weight is 359 g/mol. The normalized spacial score (nSPS) is 10.5. The van der Waals surface area contributed by atoms with Crippen molar-refractivity contribution in [2.75, 3.05) is 12.4 Å². The Morgan fingerprint density at radius 2 is 2.04 bits per heavy atom. The van der Waals surface area contributed by atoms with Gasteiger partial charge < -0.3 is 5.32 Å². The summed E-state index contributed by atoms with van der Waals surface area (Å²) in [5, 5.41) is 8.62. The number of fused-ring (bicyclic) bond motifs is 1. The standard InChI is InChI=1S/C16H13N3O3S2/c1-17-13(20)7-10-8-23-16(18-10)19-14(21)12-6-9-4-2-3-5-11(9)15(22)24-12/h2-6,8H,7H2,1H3,(H,17,20)(H,18,19,21). The molecule has 0 aliphatic carbocycles. The van der Waals surface area contributed by atoms with Crippen molar-refractivity contribution >= 4 is 50.4 Å². The van der Waals surface area contributed by atoms with Gasteiger partial charge in [-0.1, -0.05) is 29.5 Å². The first kappa shape index (κ1) is 16.3. The van der Waals surface area contributed by atoms with Crippen molar-refractivity contribution < 1.29 is 9.59 Å². The highest BCUT2D eigenvalue weighted by molar-refractivity contribution is 7.14. The Balaban J connectivity index is 1.80. The van der Waals surface area contributed by atoms with Gasteiger partial charge in [0.15, 0.2) is 5.13 Å². The lowest BCUT2D eigenvalue weighted by Gasteiger charge is -2.02. The number of carbonyl (C=O) groups is 2. The van der Waals surface area contributed by atoms with Gasteiger partial charge in [-0.25, -0.2) is 4.98 Å². The number of rotatable bonds is 4. The first-order valence-electron chi connectivity index (χ1n) is 7.06. The number of nitrogens with one attached hydrogen (secondary N) is 2. The molecule has 0 saturated carbocycles. The zero-order chi connectivity index (χ0) is 17.1. The third-order valence-electron chi connectivity index (χ3n) is 3.29. The molecule has 0 spiro atoms. The van der Waals surface area contributed by atoms with Gasteiger partial charge in [0.25, 0.3) is 5.91 Å². The number of hydrogen-bond donors (Lipinski definition) is 2. The highest BCUT2D eigenvalue weighted by Gasteiger charge is 2.13. The maximum absolute atomic E-state index is 12.3. The molecule has 6 nitrogen and oxygen atoms in total. The number of likely N-dealkylation sites (N-methyl/N-ethyl adjacent to an activating group) is 1. The van der Waals surface area contributed by atoms with Crippen LogP contribution in [0.1, 0.15) is 15.4 Å². The van der Waals surface area contributed by atoms with Crippen molar-refractivity contribution in [3.05, 3.63) is 55.8 Å². The molecular weight excluding hydrogens is 346 g/mol. The largest absolute Gasteiger partial charge is 0.359 e. The van der Waals surface area contributed by atoms with E-state index in [0.29, 0.717) is 21.1 Å². The lowest BCUT2D eigenvalue weighted by Crippen LogP contribution is -2.20. The maximum atomic E-state index is 12.3. The minimum Gasteiger partial charge on any atom is -0.359 e. The molecule has 0 radical (unpaired) electrons. The van der Waals surface area contributed by atoms with Crippen LogP contribution in [0.25, 0.3) is 10.8 Å². The topological polar surface area (TPSA) is 88.2 Å². The number of benzene rings is 1. The number of nitrogens with zero attached hydrogens (tertiary/aromatic N) is 1. The van der Waals surface area contributed by atoms with Crippen LogP contribution in [0, 0.1) is 0 Å². The molecule has 0 saturated heterocycles. The number of carbonyl (C=O) groups excluding carboxylic acids is 2. The fourth-order valence-corrected chi connectivity index (χ4v) is 3.63. The Morgan fingerprint density at radius 3 is 2.83 bits per heavy atom. The van der Waals surface area contributed by atoms with Crippen LogP contribution in [0.2, 0.25) is 0 Å². The molecule has 0 atom stereocenters. The lowest BCUT2D eigenvalue weighted by atomic mass is 10.2. The van der Waals surface area contributed by atoms with Crippen LogP contribution >= 0.6 is 22.7 Å². The summed E-state index contributed by atoms with van der Waals surface area (Å²) in [6.07, 6.45) is 0.159. The van der Waals surface area contributed by atoms with Crippen molar-refractivity contribution in [1.29, 1.82) is 0 Å². The van der Waals surface area contributed by atoms with Gasteiger partial charge in [0.2, 0.25) is 10.6 Å². The monoisotopic (exact) mass is 359 g/mol. The quantitative estimate of drug-likeness (QED) is 0.748. The average Bonchev–Trinajstić information content (AvgIpc) is 3.01. The summed E-state index contributed by atoms with van der Waals surface area (Å²) >= 11 is 2.14. The van der Waals surface area contributed by atoms with E-state index in [2.05, 4.69) is 15.6 Å². The number of aromatic nitrogens is 1. The summed E-state index contributed by atoms with van der Waals surface area (Å²) in [5.41, 5.74) is 0.585. The summed E-state index contributed by atoms with van der Waals surface area (Å²) in [6, 6.07) is 8.84. The van der Waals surface area contributed by atoms with Crippen LogP contribution in [0.3, 0.4) is 0 Å². The van der Waals surface area contributed by atoms with Crippen LogP contribution in [0.15, 0.2) is 40.5 Å². The summed E-state index contributed by atoms with van der Waals surface area (Å²) in [4.78, 5) is 40.3. The third kappa shape index (κ3) is 3.50. The molecule has 0 fully saturated rings. The predicted octanol–water partition coefficient (Wildman–Crippen LogP) is 2.26. The van der Waals surface area contributed by atoms with Crippen LogP contribution in [0.4, 0.5) is 5.13 Å². The molecule has 3 rings (SSSR count). The van der Waals surface area contributed by atoms with Gasteiger partial charge in [0, 0.05) is 17.8 Å².